The highest BCUT2D eigenvalue weighted by Gasteiger charge is 2.19. The summed E-state index contributed by atoms with van der Waals surface area (Å²) in [5, 5.41) is 0. The van der Waals surface area contributed by atoms with Crippen LogP contribution in [0, 0.1) is 0 Å². The van der Waals surface area contributed by atoms with Crippen LogP contribution in [0.5, 0.6) is 0 Å². The van der Waals surface area contributed by atoms with Gasteiger partial charge < -0.3 is 10.6 Å². The van der Waals surface area contributed by atoms with Crippen molar-refractivity contribution in [2.45, 2.75) is 32.2 Å². The Balaban J connectivity index is 2.41. The maximum absolute atomic E-state index is 11.7. The molecule has 1 aliphatic rings. The molecule has 0 bridgehead atoms. The van der Waals surface area contributed by atoms with Gasteiger partial charge in [-0.3, -0.25) is 4.79 Å². The molecule has 74 valence electrons. The average molecular weight is 182 g/mol. The summed E-state index contributed by atoms with van der Waals surface area (Å²) in [5.41, 5.74) is 5.74. The Morgan fingerprint density at radius 2 is 2.38 bits per heavy atom. The van der Waals surface area contributed by atoms with Gasteiger partial charge in [-0.25, -0.2) is 0 Å². The normalized spacial score (nSPS) is 18.8. The first-order valence-corrected chi connectivity index (χ1v) is 4.95. The van der Waals surface area contributed by atoms with Gasteiger partial charge >= 0.3 is 0 Å². The fourth-order valence-electron chi connectivity index (χ4n) is 1.51. The van der Waals surface area contributed by atoms with E-state index in [0.717, 1.165) is 32.4 Å². The molecule has 0 aliphatic carbocycles. The van der Waals surface area contributed by atoms with Crippen molar-refractivity contribution in [3.63, 3.8) is 0 Å². The van der Waals surface area contributed by atoms with Crippen molar-refractivity contribution in [3.8, 4) is 0 Å². The first kappa shape index (κ1) is 10.3. The summed E-state index contributed by atoms with van der Waals surface area (Å²) in [6.07, 6.45) is 6.86. The van der Waals surface area contributed by atoms with Gasteiger partial charge in [0.2, 0.25) is 5.91 Å². The molecular formula is C10H18N2O. The molecule has 0 radical (unpaired) electrons. The third kappa shape index (κ3) is 2.84. The second-order valence-electron chi connectivity index (χ2n) is 3.44. The van der Waals surface area contributed by atoms with Gasteiger partial charge in [-0.1, -0.05) is 25.5 Å². The first-order chi connectivity index (χ1) is 6.25. The topological polar surface area (TPSA) is 46.3 Å². The third-order valence-corrected chi connectivity index (χ3v) is 2.29. The number of carbonyl (C=O) groups is 1. The van der Waals surface area contributed by atoms with Crippen molar-refractivity contribution in [3.05, 3.63) is 12.2 Å². The van der Waals surface area contributed by atoms with Crippen molar-refractivity contribution >= 4 is 5.91 Å². The Hall–Kier alpha value is -0.830. The molecular weight excluding hydrogens is 164 g/mol. The smallest absolute Gasteiger partial charge is 0.239 e. The molecule has 13 heavy (non-hydrogen) atoms. The molecule has 0 aromatic carbocycles. The fraction of sp³-hybridized carbons (Fsp3) is 0.700. The van der Waals surface area contributed by atoms with E-state index in [-0.39, 0.29) is 11.9 Å². The van der Waals surface area contributed by atoms with Crippen LogP contribution in [-0.4, -0.2) is 29.9 Å². The average Bonchev–Trinajstić information content (AvgIpc) is 2.18. The predicted octanol–water partition coefficient (Wildman–Crippen LogP) is 0.902. The molecule has 0 saturated heterocycles. The van der Waals surface area contributed by atoms with E-state index in [2.05, 4.69) is 6.08 Å². The molecule has 0 spiro atoms. The van der Waals surface area contributed by atoms with Gasteiger partial charge in [-0.2, -0.15) is 0 Å². The number of hydrogen-bond donors (Lipinski definition) is 1. The Morgan fingerprint density at radius 3 is 2.92 bits per heavy atom. The van der Waals surface area contributed by atoms with Gasteiger partial charge in [-0.05, 0) is 12.8 Å². The highest BCUT2D eigenvalue weighted by atomic mass is 16.2. The van der Waals surface area contributed by atoms with Crippen LogP contribution in [0.15, 0.2) is 12.2 Å². The quantitative estimate of drug-likeness (QED) is 0.659. The fourth-order valence-corrected chi connectivity index (χ4v) is 1.51. The van der Waals surface area contributed by atoms with Gasteiger partial charge in [0, 0.05) is 13.1 Å². The molecule has 0 saturated carbocycles. The van der Waals surface area contributed by atoms with E-state index in [0.29, 0.717) is 0 Å². The zero-order valence-electron chi connectivity index (χ0n) is 8.20. The summed E-state index contributed by atoms with van der Waals surface area (Å²) in [6.45, 7) is 3.60. The maximum atomic E-state index is 11.7. The summed E-state index contributed by atoms with van der Waals surface area (Å²) in [5.74, 6) is 0.103. The lowest BCUT2D eigenvalue weighted by Crippen LogP contribution is -2.44. The molecule has 0 unspecified atom stereocenters. The van der Waals surface area contributed by atoms with Crippen molar-refractivity contribution in [2.24, 2.45) is 5.73 Å². The standard InChI is InChI=1S/C10H18N2O/c1-2-6-9(11)10(13)12-7-4-3-5-8-12/h3-4,9H,2,5-8,11H2,1H3/t9-/m1/s1. The van der Waals surface area contributed by atoms with E-state index < -0.39 is 0 Å². The summed E-state index contributed by atoms with van der Waals surface area (Å²) in [7, 11) is 0. The zero-order chi connectivity index (χ0) is 9.68. The maximum Gasteiger partial charge on any atom is 0.239 e. The molecule has 0 fully saturated rings. The monoisotopic (exact) mass is 182 g/mol. The second-order valence-corrected chi connectivity index (χ2v) is 3.44. The van der Waals surface area contributed by atoms with Crippen molar-refractivity contribution in [1.82, 2.24) is 4.90 Å². The lowest BCUT2D eigenvalue weighted by molar-refractivity contribution is -0.132. The van der Waals surface area contributed by atoms with Gasteiger partial charge in [0.25, 0.3) is 0 Å². The Bertz CT molecular complexity index is 201. The van der Waals surface area contributed by atoms with E-state index in [1.54, 1.807) is 0 Å². The van der Waals surface area contributed by atoms with Gasteiger partial charge in [-0.15, -0.1) is 0 Å². The minimum atomic E-state index is -0.295. The lowest BCUT2D eigenvalue weighted by atomic mass is 10.1. The van der Waals surface area contributed by atoms with Gasteiger partial charge in [0.1, 0.15) is 0 Å². The van der Waals surface area contributed by atoms with Crippen LogP contribution in [0.3, 0.4) is 0 Å². The van der Waals surface area contributed by atoms with Crippen LogP contribution in [0.25, 0.3) is 0 Å². The molecule has 2 N–H and O–H groups in total. The van der Waals surface area contributed by atoms with Crippen LogP contribution in [0.4, 0.5) is 0 Å². The predicted molar refractivity (Wildman–Crippen MR) is 53.2 cm³/mol. The molecule has 1 rings (SSSR count). The molecule has 1 heterocycles. The van der Waals surface area contributed by atoms with Crippen LogP contribution >= 0.6 is 0 Å². The minimum absolute atomic E-state index is 0.103. The van der Waals surface area contributed by atoms with E-state index in [1.807, 2.05) is 17.9 Å². The minimum Gasteiger partial charge on any atom is -0.337 e. The molecule has 1 atom stereocenters. The number of nitrogens with two attached hydrogens (primary N) is 1. The summed E-state index contributed by atoms with van der Waals surface area (Å²) in [6, 6.07) is -0.295. The molecule has 0 aromatic heterocycles. The van der Waals surface area contributed by atoms with Crippen molar-refractivity contribution < 1.29 is 4.79 Å². The number of hydrogen-bond acceptors (Lipinski definition) is 2. The zero-order valence-corrected chi connectivity index (χ0v) is 8.20. The highest BCUT2D eigenvalue weighted by molar-refractivity contribution is 5.81. The van der Waals surface area contributed by atoms with E-state index in [1.165, 1.54) is 0 Å². The third-order valence-electron chi connectivity index (χ3n) is 2.29. The number of amides is 1. The summed E-state index contributed by atoms with van der Waals surface area (Å²) < 4.78 is 0. The Morgan fingerprint density at radius 1 is 1.62 bits per heavy atom. The molecule has 3 heteroatoms. The molecule has 0 aromatic rings. The molecule has 1 amide bonds. The van der Waals surface area contributed by atoms with Crippen LogP contribution in [0.2, 0.25) is 0 Å². The Labute approximate surface area is 79.6 Å². The second kappa shape index (κ2) is 5.02. The summed E-state index contributed by atoms with van der Waals surface area (Å²) in [4.78, 5) is 13.5. The highest BCUT2D eigenvalue weighted by Crippen LogP contribution is 2.05. The SMILES string of the molecule is CCC[C@@H](N)C(=O)N1CC=CCC1. The lowest BCUT2D eigenvalue weighted by Gasteiger charge is -2.26. The van der Waals surface area contributed by atoms with Gasteiger partial charge in [0.05, 0.1) is 6.04 Å². The van der Waals surface area contributed by atoms with Crippen LogP contribution in [-0.2, 0) is 4.79 Å². The van der Waals surface area contributed by atoms with Crippen LogP contribution < -0.4 is 5.73 Å². The first-order valence-electron chi connectivity index (χ1n) is 4.95. The number of rotatable bonds is 3. The number of carbonyl (C=O) groups excluding carboxylic acids is 1. The van der Waals surface area contributed by atoms with Gasteiger partial charge in [0.15, 0.2) is 0 Å². The van der Waals surface area contributed by atoms with Crippen LogP contribution in [0.1, 0.15) is 26.2 Å². The summed E-state index contributed by atoms with van der Waals surface area (Å²) >= 11 is 0. The Kier molecular flexibility index (Phi) is 3.96. The van der Waals surface area contributed by atoms with Crippen molar-refractivity contribution in [1.29, 1.82) is 0 Å². The van der Waals surface area contributed by atoms with E-state index in [9.17, 15) is 4.79 Å². The van der Waals surface area contributed by atoms with E-state index >= 15 is 0 Å². The van der Waals surface area contributed by atoms with E-state index in [4.69, 9.17) is 5.73 Å². The van der Waals surface area contributed by atoms with Crippen molar-refractivity contribution in [2.75, 3.05) is 13.1 Å². The molecule has 3 nitrogen and oxygen atoms in total. The largest absolute Gasteiger partial charge is 0.337 e. The molecule has 1 aliphatic heterocycles. The number of nitrogens with zero attached hydrogens (tertiary/aromatic N) is 1.